The molecule has 0 aliphatic rings. The molecule has 3 atom stereocenters. The number of nitrogens with zero attached hydrogens (tertiary/aromatic N) is 1. The van der Waals surface area contributed by atoms with Gasteiger partial charge in [-0.2, -0.15) is 0 Å². The summed E-state index contributed by atoms with van der Waals surface area (Å²) in [6, 6.07) is 8.61. The van der Waals surface area contributed by atoms with Crippen LogP contribution >= 0.6 is 0 Å². The molecule has 0 spiro atoms. The molecule has 3 nitrogen and oxygen atoms in total. The molecule has 0 fully saturated rings. The number of rotatable bonds is 7. The fourth-order valence-corrected chi connectivity index (χ4v) is 2.14. The van der Waals surface area contributed by atoms with Crippen molar-refractivity contribution >= 4 is 5.69 Å². The van der Waals surface area contributed by atoms with Crippen LogP contribution in [0.2, 0.25) is 0 Å². The number of nitrogens with one attached hydrogen (secondary N) is 1. The first-order valence-corrected chi connectivity index (χ1v) is 7.15. The molecule has 0 aliphatic carbocycles. The zero-order valence-corrected chi connectivity index (χ0v) is 12.9. The van der Waals surface area contributed by atoms with E-state index in [-0.39, 0.29) is 12.1 Å². The SMILES string of the molecule is CCC(C)C(O)CNC(C)c1ccccc1N(C)C. The van der Waals surface area contributed by atoms with Crippen LogP contribution in [0.25, 0.3) is 0 Å². The molecular formula is C16H28N2O. The molecule has 108 valence electrons. The van der Waals surface area contributed by atoms with Crippen LogP contribution in [-0.2, 0) is 0 Å². The summed E-state index contributed by atoms with van der Waals surface area (Å²) in [6.07, 6.45) is 0.727. The van der Waals surface area contributed by atoms with Gasteiger partial charge in [-0.25, -0.2) is 0 Å². The third-order valence-electron chi connectivity index (χ3n) is 3.82. The molecule has 0 saturated carbocycles. The molecule has 1 rings (SSSR count). The lowest BCUT2D eigenvalue weighted by Gasteiger charge is -2.24. The van der Waals surface area contributed by atoms with Crippen molar-refractivity contribution in [3.05, 3.63) is 29.8 Å². The molecule has 3 heteroatoms. The van der Waals surface area contributed by atoms with Gasteiger partial charge in [-0.3, -0.25) is 0 Å². The van der Waals surface area contributed by atoms with Crippen molar-refractivity contribution in [3.8, 4) is 0 Å². The van der Waals surface area contributed by atoms with Crippen LogP contribution in [0.4, 0.5) is 5.69 Å². The van der Waals surface area contributed by atoms with Gasteiger partial charge in [0.05, 0.1) is 6.10 Å². The normalized spacial score (nSPS) is 15.9. The predicted octanol–water partition coefficient (Wildman–Crippen LogP) is 2.81. The Morgan fingerprint density at radius 1 is 1.21 bits per heavy atom. The number of hydrogen-bond donors (Lipinski definition) is 2. The van der Waals surface area contributed by atoms with E-state index in [1.54, 1.807) is 0 Å². The minimum absolute atomic E-state index is 0.234. The third kappa shape index (κ3) is 4.51. The van der Waals surface area contributed by atoms with Gasteiger partial charge in [-0.1, -0.05) is 38.5 Å². The third-order valence-corrected chi connectivity index (χ3v) is 3.82. The monoisotopic (exact) mass is 264 g/mol. The van der Waals surface area contributed by atoms with Crippen molar-refractivity contribution in [2.24, 2.45) is 5.92 Å². The van der Waals surface area contributed by atoms with Crippen molar-refractivity contribution in [3.63, 3.8) is 0 Å². The maximum atomic E-state index is 10.0. The van der Waals surface area contributed by atoms with Gasteiger partial charge in [-0.15, -0.1) is 0 Å². The summed E-state index contributed by atoms with van der Waals surface area (Å²) in [7, 11) is 4.11. The number of benzene rings is 1. The molecule has 1 aromatic carbocycles. The highest BCUT2D eigenvalue weighted by Crippen LogP contribution is 2.24. The van der Waals surface area contributed by atoms with E-state index in [0.29, 0.717) is 12.5 Å². The summed E-state index contributed by atoms with van der Waals surface area (Å²) in [6.45, 7) is 6.98. The summed E-state index contributed by atoms with van der Waals surface area (Å²) in [4.78, 5) is 2.12. The molecule has 1 aromatic rings. The molecule has 0 saturated heterocycles. The number of aliphatic hydroxyl groups excluding tert-OH is 1. The Hall–Kier alpha value is -1.06. The van der Waals surface area contributed by atoms with E-state index >= 15 is 0 Å². The quantitative estimate of drug-likeness (QED) is 0.795. The van der Waals surface area contributed by atoms with Gasteiger partial charge in [0.15, 0.2) is 0 Å². The van der Waals surface area contributed by atoms with E-state index < -0.39 is 0 Å². The molecule has 2 N–H and O–H groups in total. The molecule has 19 heavy (non-hydrogen) atoms. The fourth-order valence-electron chi connectivity index (χ4n) is 2.14. The van der Waals surface area contributed by atoms with Crippen LogP contribution in [0, 0.1) is 5.92 Å². The van der Waals surface area contributed by atoms with Crippen LogP contribution in [0.5, 0.6) is 0 Å². The minimum Gasteiger partial charge on any atom is -0.392 e. The number of para-hydroxylation sites is 1. The number of aliphatic hydroxyl groups is 1. The van der Waals surface area contributed by atoms with Gasteiger partial charge in [-0.05, 0) is 24.5 Å². The zero-order chi connectivity index (χ0) is 14.4. The van der Waals surface area contributed by atoms with Gasteiger partial charge in [0.25, 0.3) is 0 Å². The Labute approximate surface area is 117 Å². The lowest BCUT2D eigenvalue weighted by molar-refractivity contribution is 0.110. The molecule has 0 aliphatic heterocycles. The van der Waals surface area contributed by atoms with Gasteiger partial charge >= 0.3 is 0 Å². The maximum absolute atomic E-state index is 10.0. The first kappa shape index (κ1) is 16.0. The summed E-state index contributed by atoms with van der Waals surface area (Å²) in [5.74, 6) is 0.337. The summed E-state index contributed by atoms with van der Waals surface area (Å²) in [5.41, 5.74) is 2.49. The average molecular weight is 264 g/mol. The molecular weight excluding hydrogens is 236 g/mol. The van der Waals surface area contributed by atoms with E-state index in [1.165, 1.54) is 11.3 Å². The van der Waals surface area contributed by atoms with Gasteiger partial charge < -0.3 is 15.3 Å². The van der Waals surface area contributed by atoms with Crippen LogP contribution in [-0.4, -0.2) is 31.9 Å². The Kier molecular flexibility index (Phi) is 6.32. The smallest absolute Gasteiger partial charge is 0.0690 e. The van der Waals surface area contributed by atoms with Crippen LogP contribution in [0.15, 0.2) is 24.3 Å². The van der Waals surface area contributed by atoms with Crippen molar-refractivity contribution in [1.29, 1.82) is 0 Å². The minimum atomic E-state index is -0.279. The van der Waals surface area contributed by atoms with Crippen molar-refractivity contribution in [2.75, 3.05) is 25.5 Å². The largest absolute Gasteiger partial charge is 0.392 e. The number of hydrogen-bond acceptors (Lipinski definition) is 3. The summed E-state index contributed by atoms with van der Waals surface area (Å²) >= 11 is 0. The van der Waals surface area contributed by atoms with Crippen molar-refractivity contribution < 1.29 is 5.11 Å². The Morgan fingerprint density at radius 3 is 2.42 bits per heavy atom. The Bertz CT molecular complexity index is 379. The van der Waals surface area contributed by atoms with E-state index in [4.69, 9.17) is 0 Å². The van der Waals surface area contributed by atoms with Crippen LogP contribution < -0.4 is 10.2 Å². The first-order valence-electron chi connectivity index (χ1n) is 7.15. The first-order chi connectivity index (χ1) is 8.97. The molecule has 0 heterocycles. The number of anilines is 1. The van der Waals surface area contributed by atoms with E-state index in [2.05, 4.69) is 69.3 Å². The zero-order valence-electron chi connectivity index (χ0n) is 12.9. The van der Waals surface area contributed by atoms with Gasteiger partial charge in [0.2, 0.25) is 0 Å². The van der Waals surface area contributed by atoms with Crippen molar-refractivity contribution in [1.82, 2.24) is 5.32 Å². The maximum Gasteiger partial charge on any atom is 0.0690 e. The second-order valence-electron chi connectivity index (χ2n) is 5.54. The summed E-state index contributed by atoms with van der Waals surface area (Å²) in [5, 5.41) is 13.5. The Morgan fingerprint density at radius 2 is 1.84 bits per heavy atom. The highest BCUT2D eigenvalue weighted by Gasteiger charge is 2.15. The summed E-state index contributed by atoms with van der Waals surface area (Å²) < 4.78 is 0. The van der Waals surface area contributed by atoms with Crippen LogP contribution in [0.1, 0.15) is 38.8 Å². The lowest BCUT2D eigenvalue weighted by Crippen LogP contribution is -2.33. The molecule has 0 aromatic heterocycles. The lowest BCUT2D eigenvalue weighted by atomic mass is 10.0. The van der Waals surface area contributed by atoms with E-state index in [1.807, 2.05) is 0 Å². The second kappa shape index (κ2) is 7.51. The van der Waals surface area contributed by atoms with Crippen molar-refractivity contribution in [2.45, 2.75) is 39.3 Å². The molecule has 0 radical (unpaired) electrons. The second-order valence-corrected chi connectivity index (χ2v) is 5.54. The fraction of sp³-hybridized carbons (Fsp3) is 0.625. The van der Waals surface area contributed by atoms with E-state index in [9.17, 15) is 5.11 Å². The topological polar surface area (TPSA) is 35.5 Å². The Balaban J connectivity index is 2.66. The molecule has 3 unspecified atom stereocenters. The average Bonchev–Trinajstić information content (AvgIpc) is 2.43. The van der Waals surface area contributed by atoms with Gasteiger partial charge in [0, 0.05) is 32.4 Å². The molecule has 0 bridgehead atoms. The van der Waals surface area contributed by atoms with Crippen LogP contribution in [0.3, 0.4) is 0 Å². The predicted molar refractivity (Wildman–Crippen MR) is 82.6 cm³/mol. The highest BCUT2D eigenvalue weighted by molar-refractivity contribution is 5.53. The van der Waals surface area contributed by atoms with E-state index in [0.717, 1.165) is 6.42 Å². The van der Waals surface area contributed by atoms with Gasteiger partial charge in [0.1, 0.15) is 0 Å². The standard InChI is InChI=1S/C16H28N2O/c1-6-12(2)16(19)11-17-13(3)14-9-7-8-10-15(14)18(4)5/h7-10,12-13,16-17,19H,6,11H2,1-5H3. The molecule has 0 amide bonds. The highest BCUT2D eigenvalue weighted by atomic mass is 16.3.